The van der Waals surface area contributed by atoms with Crippen LogP contribution in [0.15, 0.2) is 115 Å². The van der Waals surface area contributed by atoms with Crippen molar-refractivity contribution in [2.24, 2.45) is 11.8 Å². The van der Waals surface area contributed by atoms with Gasteiger partial charge in [0.2, 0.25) is 0 Å². The Morgan fingerprint density at radius 2 is 1.53 bits per heavy atom. The number of hydrogen-bond donors (Lipinski definition) is 2. The highest BCUT2D eigenvalue weighted by Crippen LogP contribution is 2.70. The zero-order chi connectivity index (χ0) is 39.2. The van der Waals surface area contributed by atoms with Gasteiger partial charge in [0.25, 0.3) is 0 Å². The van der Waals surface area contributed by atoms with Gasteiger partial charge in [0, 0.05) is 88.4 Å². The van der Waals surface area contributed by atoms with Gasteiger partial charge in [0.1, 0.15) is 11.6 Å². The number of allylic oxidation sites excluding steroid dienone is 5. The van der Waals surface area contributed by atoms with Crippen molar-refractivity contribution in [3.63, 3.8) is 0 Å². The molecule has 6 aliphatic heterocycles. The maximum absolute atomic E-state index is 5.10. The second kappa shape index (κ2) is 13.2. The zero-order valence-corrected chi connectivity index (χ0v) is 34.7. The first-order chi connectivity index (χ1) is 29.7. The number of piperidine rings is 2. The van der Waals surface area contributed by atoms with Crippen LogP contribution in [0.2, 0.25) is 11.6 Å². The summed E-state index contributed by atoms with van der Waals surface area (Å²) in [5.74, 6) is 6.02. The van der Waals surface area contributed by atoms with Crippen molar-refractivity contribution in [3.8, 4) is 0 Å². The average molecular weight is 790 g/mol. The van der Waals surface area contributed by atoms with Gasteiger partial charge in [0.15, 0.2) is 6.71 Å². The fraction of sp³-hybridized carbons (Fsp3) is 0.462. The Morgan fingerprint density at radius 1 is 0.767 bits per heavy atom. The van der Waals surface area contributed by atoms with Crippen LogP contribution < -0.4 is 15.5 Å². The number of anilines is 2. The minimum Gasteiger partial charge on any atom is -0.368 e. The number of para-hydroxylation sites is 1. The summed E-state index contributed by atoms with van der Waals surface area (Å²) in [4.78, 5) is 16.1. The van der Waals surface area contributed by atoms with Crippen molar-refractivity contribution in [1.82, 2.24) is 30.1 Å². The maximum Gasteiger partial charge on any atom is 0.191 e. The lowest BCUT2D eigenvalue weighted by atomic mass is 9.21. The van der Waals surface area contributed by atoms with Crippen LogP contribution in [0.4, 0.5) is 11.5 Å². The van der Waals surface area contributed by atoms with E-state index >= 15 is 0 Å². The molecular weight excluding hydrogens is 733 g/mol. The third kappa shape index (κ3) is 4.65. The second-order valence-corrected chi connectivity index (χ2v) is 20.2. The second-order valence-electron chi connectivity index (χ2n) is 20.2. The first-order valence-corrected chi connectivity index (χ1v) is 23.8. The number of nitrogens with one attached hydrogen (secondary N) is 2. The molecule has 2 aromatic carbocycles. The molecule has 14 rings (SSSR count). The Bertz CT molecular complexity index is 2490. The summed E-state index contributed by atoms with van der Waals surface area (Å²) in [6.45, 7) is 7.64. The fourth-order valence-corrected chi connectivity index (χ4v) is 16.0. The van der Waals surface area contributed by atoms with E-state index in [4.69, 9.17) is 16.5 Å². The van der Waals surface area contributed by atoms with Gasteiger partial charge in [0.05, 0.1) is 6.17 Å². The van der Waals surface area contributed by atoms with Crippen molar-refractivity contribution in [2.45, 2.75) is 124 Å². The first kappa shape index (κ1) is 35.0. The van der Waals surface area contributed by atoms with E-state index in [1.54, 1.807) is 16.7 Å². The van der Waals surface area contributed by atoms with Gasteiger partial charge in [-0.2, -0.15) is 0 Å². The zero-order valence-electron chi connectivity index (χ0n) is 34.7. The molecule has 0 spiro atoms. The average Bonchev–Trinajstić information content (AvgIpc) is 3.92. The summed E-state index contributed by atoms with van der Waals surface area (Å²) in [6.07, 6.45) is 24.0. The van der Waals surface area contributed by atoms with Crippen LogP contribution in [0.25, 0.3) is 11.0 Å². The fourth-order valence-electron chi connectivity index (χ4n) is 16.0. The third-order valence-corrected chi connectivity index (χ3v) is 17.7. The monoisotopic (exact) mass is 789 g/mol. The SMILES string of the molecule is C=C1C=CC=C2B3C4CCCC5C6=C(C(c7ccccc7)CC7NCCCC67)N(C6CC(c7ncccn7)CC(C36)n3c2c1c1c3N(c2ccccc2)C2NCCCC12)C45. The van der Waals surface area contributed by atoms with Gasteiger partial charge in [-0.1, -0.05) is 91.7 Å². The van der Waals surface area contributed by atoms with E-state index in [-0.39, 0.29) is 12.1 Å². The maximum atomic E-state index is 5.10. The van der Waals surface area contributed by atoms with Gasteiger partial charge in [-0.3, -0.25) is 5.32 Å². The number of fused-ring (bicyclic) bond motifs is 13. The van der Waals surface area contributed by atoms with E-state index in [2.05, 4.69) is 104 Å². The summed E-state index contributed by atoms with van der Waals surface area (Å²) < 4.78 is 2.95. The van der Waals surface area contributed by atoms with E-state index in [0.29, 0.717) is 66.2 Å². The van der Waals surface area contributed by atoms with E-state index < -0.39 is 0 Å². The summed E-state index contributed by atoms with van der Waals surface area (Å²) >= 11 is 0. The highest BCUT2D eigenvalue weighted by atomic mass is 15.4. The van der Waals surface area contributed by atoms with Gasteiger partial charge < -0.3 is 19.7 Å². The normalized spacial score (nSPS) is 36.6. The van der Waals surface area contributed by atoms with Gasteiger partial charge >= 0.3 is 0 Å². The molecule has 4 aromatic rings. The van der Waals surface area contributed by atoms with Crippen LogP contribution in [0, 0.1) is 11.8 Å². The number of aromatic nitrogens is 3. The van der Waals surface area contributed by atoms with Crippen LogP contribution in [-0.4, -0.2) is 63.5 Å². The number of rotatable bonds is 3. The molecule has 0 radical (unpaired) electrons. The molecule has 7 nitrogen and oxygen atoms in total. The minimum atomic E-state index is 0.241. The number of benzene rings is 2. The number of nitrogens with zero attached hydrogens (tertiary/aromatic N) is 5. The molecule has 302 valence electrons. The van der Waals surface area contributed by atoms with Gasteiger partial charge in [-0.05, 0) is 117 Å². The molecule has 3 saturated heterocycles. The van der Waals surface area contributed by atoms with Crippen molar-refractivity contribution < 1.29 is 0 Å². The predicted molar refractivity (Wildman–Crippen MR) is 241 cm³/mol. The molecule has 12 unspecified atom stereocenters. The third-order valence-electron chi connectivity index (χ3n) is 17.7. The highest BCUT2D eigenvalue weighted by Gasteiger charge is 2.67. The minimum absolute atomic E-state index is 0.241. The van der Waals surface area contributed by atoms with Crippen molar-refractivity contribution in [1.29, 1.82) is 0 Å². The topological polar surface area (TPSA) is 61.2 Å². The van der Waals surface area contributed by atoms with Crippen molar-refractivity contribution >= 4 is 29.3 Å². The van der Waals surface area contributed by atoms with Crippen molar-refractivity contribution in [3.05, 3.63) is 143 Å². The molecule has 8 heteroatoms. The Labute approximate surface area is 355 Å². The van der Waals surface area contributed by atoms with Crippen LogP contribution in [0.3, 0.4) is 0 Å². The molecule has 8 heterocycles. The van der Waals surface area contributed by atoms with Crippen molar-refractivity contribution in [2.75, 3.05) is 18.0 Å². The molecule has 10 aliphatic rings. The van der Waals surface area contributed by atoms with E-state index in [0.717, 1.165) is 31.8 Å². The van der Waals surface area contributed by atoms with Gasteiger partial charge in [-0.25, -0.2) is 9.97 Å². The standard InChI is InChI=1S/C52H56BN7/c1-30-13-8-21-39-49-43(30)45-36-20-11-24-57-51(36)58(33-16-6-3-7-17-33)52(45)60(49)42-28-32(50-55-25-12-26-56-50)27-41-46(42)53(39)38-22-9-18-35-44-34-19-10-23-54-40(34)29-37(31-14-4-2-5-15-31)48(44)59(41)47(35)38/h2-8,12-17,21,25-26,32,34-38,40-42,46-47,51,54,57H,1,9-11,18-20,22-24,27-29H2. The summed E-state index contributed by atoms with van der Waals surface area (Å²) in [5.41, 5.74) is 13.8. The molecule has 0 bridgehead atoms. The summed E-state index contributed by atoms with van der Waals surface area (Å²) in [7, 11) is 0. The Kier molecular flexibility index (Phi) is 7.68. The molecule has 2 saturated carbocycles. The van der Waals surface area contributed by atoms with Crippen LogP contribution in [-0.2, 0) is 0 Å². The lowest BCUT2D eigenvalue weighted by Gasteiger charge is -2.62. The summed E-state index contributed by atoms with van der Waals surface area (Å²) in [5, 5.41) is 8.19. The van der Waals surface area contributed by atoms with Crippen LogP contribution >= 0.6 is 0 Å². The van der Waals surface area contributed by atoms with Crippen LogP contribution in [0.1, 0.15) is 116 Å². The molecular formula is C52H56BN7. The molecule has 5 fully saturated rings. The molecule has 12 atom stereocenters. The van der Waals surface area contributed by atoms with Gasteiger partial charge in [-0.15, -0.1) is 0 Å². The van der Waals surface area contributed by atoms with E-state index in [9.17, 15) is 0 Å². The largest absolute Gasteiger partial charge is 0.368 e. The van der Waals surface area contributed by atoms with Crippen LogP contribution in [0.5, 0.6) is 0 Å². The number of hydrogen-bond acceptors (Lipinski definition) is 6. The first-order valence-electron chi connectivity index (χ1n) is 23.8. The molecule has 60 heavy (non-hydrogen) atoms. The lowest BCUT2D eigenvalue weighted by molar-refractivity contribution is 0.0654. The Hall–Kier alpha value is -4.66. The molecule has 0 amide bonds. The van der Waals surface area contributed by atoms with E-state index in [1.165, 1.54) is 85.3 Å². The smallest absolute Gasteiger partial charge is 0.191 e. The molecule has 2 N–H and O–H groups in total. The Morgan fingerprint density at radius 3 is 2.38 bits per heavy atom. The lowest BCUT2D eigenvalue weighted by Crippen LogP contribution is -2.64. The molecule has 2 aromatic heterocycles. The predicted octanol–water partition coefficient (Wildman–Crippen LogP) is 9.77. The summed E-state index contributed by atoms with van der Waals surface area (Å²) in [6, 6.07) is 26.9. The molecule has 4 aliphatic carbocycles. The highest BCUT2D eigenvalue weighted by molar-refractivity contribution is 6.82. The Balaban J connectivity index is 1.03. The quantitative estimate of drug-likeness (QED) is 0.202. The van der Waals surface area contributed by atoms with E-state index in [1.807, 2.05) is 24.0 Å².